The maximum absolute atomic E-state index is 12.6. The van der Waals surface area contributed by atoms with Crippen LogP contribution in [0.4, 0.5) is 11.4 Å². The van der Waals surface area contributed by atoms with Crippen molar-refractivity contribution in [1.29, 1.82) is 0 Å². The standard InChI is InChI=1S/C20H25N3O3/c21-18-6-5-16(14-19(18)22)20(24)15-3-1-4-17(13-15)26-10-2-7-23-8-11-25-12-9-23/h1,3-6,13-14H,2,7-12,21-22H2. The molecule has 138 valence electrons. The molecule has 1 aliphatic rings. The fourth-order valence-corrected chi connectivity index (χ4v) is 2.91. The molecular weight excluding hydrogens is 330 g/mol. The lowest BCUT2D eigenvalue weighted by molar-refractivity contribution is 0.0358. The van der Waals surface area contributed by atoms with Gasteiger partial charge in [0.05, 0.1) is 31.2 Å². The summed E-state index contributed by atoms with van der Waals surface area (Å²) in [5.41, 5.74) is 13.5. The van der Waals surface area contributed by atoms with Gasteiger partial charge in [-0.05, 0) is 36.8 Å². The Kier molecular flexibility index (Phi) is 6.09. The number of carbonyl (C=O) groups excluding carboxylic acids is 1. The van der Waals surface area contributed by atoms with Crippen LogP contribution in [-0.2, 0) is 4.74 Å². The van der Waals surface area contributed by atoms with Gasteiger partial charge in [-0.3, -0.25) is 9.69 Å². The number of hydrogen-bond acceptors (Lipinski definition) is 6. The number of benzene rings is 2. The van der Waals surface area contributed by atoms with Crippen LogP contribution < -0.4 is 16.2 Å². The summed E-state index contributed by atoms with van der Waals surface area (Å²) in [7, 11) is 0. The zero-order valence-electron chi connectivity index (χ0n) is 14.8. The van der Waals surface area contributed by atoms with Crippen molar-refractivity contribution in [2.75, 3.05) is 50.9 Å². The molecular formula is C20H25N3O3. The summed E-state index contributed by atoms with van der Waals surface area (Å²) in [5, 5.41) is 0. The number of morpholine rings is 1. The van der Waals surface area contributed by atoms with Crippen molar-refractivity contribution >= 4 is 17.2 Å². The third-order valence-electron chi connectivity index (χ3n) is 4.44. The summed E-state index contributed by atoms with van der Waals surface area (Å²) < 4.78 is 11.2. The highest BCUT2D eigenvalue weighted by Crippen LogP contribution is 2.21. The Morgan fingerprint density at radius 3 is 2.58 bits per heavy atom. The third kappa shape index (κ3) is 4.74. The van der Waals surface area contributed by atoms with Crippen molar-refractivity contribution in [3.05, 3.63) is 53.6 Å². The van der Waals surface area contributed by atoms with Gasteiger partial charge < -0.3 is 20.9 Å². The van der Waals surface area contributed by atoms with Gasteiger partial charge in [-0.1, -0.05) is 12.1 Å². The van der Waals surface area contributed by atoms with Gasteiger partial charge in [0, 0.05) is 30.8 Å². The fourth-order valence-electron chi connectivity index (χ4n) is 2.91. The SMILES string of the molecule is Nc1ccc(C(=O)c2cccc(OCCCN3CCOCC3)c2)cc1N. The smallest absolute Gasteiger partial charge is 0.193 e. The van der Waals surface area contributed by atoms with Gasteiger partial charge in [0.1, 0.15) is 5.75 Å². The van der Waals surface area contributed by atoms with Gasteiger partial charge in [0.25, 0.3) is 0 Å². The molecule has 0 bridgehead atoms. The van der Waals surface area contributed by atoms with Gasteiger partial charge in [0.2, 0.25) is 0 Å². The highest BCUT2D eigenvalue weighted by atomic mass is 16.5. The van der Waals surface area contributed by atoms with Crippen LogP contribution in [0, 0.1) is 0 Å². The van der Waals surface area contributed by atoms with E-state index >= 15 is 0 Å². The van der Waals surface area contributed by atoms with Crippen LogP contribution in [0.2, 0.25) is 0 Å². The van der Waals surface area contributed by atoms with Crippen LogP contribution >= 0.6 is 0 Å². The second-order valence-corrected chi connectivity index (χ2v) is 6.36. The van der Waals surface area contributed by atoms with E-state index in [9.17, 15) is 4.79 Å². The minimum atomic E-state index is -0.101. The molecule has 0 radical (unpaired) electrons. The van der Waals surface area contributed by atoms with E-state index in [1.807, 2.05) is 12.1 Å². The number of rotatable bonds is 7. The van der Waals surface area contributed by atoms with Crippen molar-refractivity contribution in [2.45, 2.75) is 6.42 Å². The van der Waals surface area contributed by atoms with Crippen LogP contribution in [0.5, 0.6) is 5.75 Å². The zero-order chi connectivity index (χ0) is 18.4. The molecule has 1 heterocycles. The minimum absolute atomic E-state index is 0.101. The Labute approximate surface area is 153 Å². The molecule has 0 atom stereocenters. The van der Waals surface area contributed by atoms with E-state index in [-0.39, 0.29) is 5.78 Å². The zero-order valence-corrected chi connectivity index (χ0v) is 14.8. The lowest BCUT2D eigenvalue weighted by atomic mass is 10.0. The molecule has 0 spiro atoms. The Balaban J connectivity index is 1.55. The normalized spacial score (nSPS) is 14.9. The Bertz CT molecular complexity index is 758. The molecule has 1 saturated heterocycles. The number of nitrogens with two attached hydrogens (primary N) is 2. The van der Waals surface area contributed by atoms with Gasteiger partial charge in [-0.2, -0.15) is 0 Å². The van der Waals surface area contributed by atoms with E-state index in [1.54, 1.807) is 30.3 Å². The molecule has 0 amide bonds. The Morgan fingerprint density at radius 1 is 1.04 bits per heavy atom. The molecule has 0 aromatic heterocycles. The van der Waals surface area contributed by atoms with E-state index in [4.69, 9.17) is 20.9 Å². The number of ether oxygens (including phenoxy) is 2. The summed E-state index contributed by atoms with van der Waals surface area (Å²) in [6, 6.07) is 12.2. The number of ketones is 1. The second-order valence-electron chi connectivity index (χ2n) is 6.36. The van der Waals surface area contributed by atoms with Crippen LogP contribution in [-0.4, -0.2) is 50.1 Å². The lowest BCUT2D eigenvalue weighted by Crippen LogP contribution is -2.37. The van der Waals surface area contributed by atoms with Crippen molar-refractivity contribution in [1.82, 2.24) is 4.90 Å². The molecule has 0 saturated carbocycles. The Morgan fingerprint density at radius 2 is 1.81 bits per heavy atom. The van der Waals surface area contributed by atoms with E-state index in [1.165, 1.54) is 0 Å². The predicted octanol–water partition coefficient (Wildman–Crippen LogP) is 2.18. The van der Waals surface area contributed by atoms with Gasteiger partial charge in [-0.15, -0.1) is 0 Å². The predicted molar refractivity (Wildman–Crippen MR) is 103 cm³/mol. The topological polar surface area (TPSA) is 90.8 Å². The van der Waals surface area contributed by atoms with Crippen molar-refractivity contribution < 1.29 is 14.3 Å². The third-order valence-corrected chi connectivity index (χ3v) is 4.44. The average molecular weight is 355 g/mol. The quantitative estimate of drug-likeness (QED) is 0.449. The summed E-state index contributed by atoms with van der Waals surface area (Å²) >= 11 is 0. The summed E-state index contributed by atoms with van der Waals surface area (Å²) in [6.45, 7) is 5.18. The Hall–Kier alpha value is -2.57. The number of hydrogen-bond donors (Lipinski definition) is 2. The number of nitrogens with zero attached hydrogens (tertiary/aromatic N) is 1. The molecule has 0 unspecified atom stereocenters. The van der Waals surface area contributed by atoms with E-state index in [0.717, 1.165) is 39.3 Å². The van der Waals surface area contributed by atoms with Gasteiger partial charge in [-0.25, -0.2) is 0 Å². The van der Waals surface area contributed by atoms with Crippen LogP contribution in [0.1, 0.15) is 22.3 Å². The molecule has 1 aliphatic heterocycles. The maximum Gasteiger partial charge on any atom is 0.193 e. The maximum atomic E-state index is 12.6. The van der Waals surface area contributed by atoms with Crippen molar-refractivity contribution in [3.63, 3.8) is 0 Å². The molecule has 2 aromatic rings. The molecule has 6 nitrogen and oxygen atoms in total. The number of nitrogen functional groups attached to an aromatic ring is 2. The highest BCUT2D eigenvalue weighted by Gasteiger charge is 2.12. The number of anilines is 2. The molecule has 0 aliphatic carbocycles. The first-order chi connectivity index (χ1) is 12.6. The molecule has 4 N–H and O–H groups in total. The molecule has 6 heteroatoms. The average Bonchev–Trinajstić information content (AvgIpc) is 2.68. The summed E-state index contributed by atoms with van der Waals surface area (Å²) in [4.78, 5) is 15.0. The van der Waals surface area contributed by atoms with Crippen LogP contribution in [0.3, 0.4) is 0 Å². The molecule has 2 aromatic carbocycles. The molecule has 3 rings (SSSR count). The summed E-state index contributed by atoms with van der Waals surface area (Å²) in [6.07, 6.45) is 0.937. The lowest BCUT2D eigenvalue weighted by Gasteiger charge is -2.26. The molecule has 1 fully saturated rings. The monoisotopic (exact) mass is 355 g/mol. The van der Waals surface area contributed by atoms with Crippen LogP contribution in [0.25, 0.3) is 0 Å². The summed E-state index contributed by atoms with van der Waals surface area (Å²) in [5.74, 6) is 0.594. The second kappa shape index (κ2) is 8.69. The fraction of sp³-hybridized carbons (Fsp3) is 0.350. The first-order valence-corrected chi connectivity index (χ1v) is 8.86. The van der Waals surface area contributed by atoms with E-state index in [2.05, 4.69) is 4.90 Å². The van der Waals surface area contributed by atoms with Crippen LogP contribution in [0.15, 0.2) is 42.5 Å². The van der Waals surface area contributed by atoms with E-state index in [0.29, 0.717) is 34.9 Å². The van der Waals surface area contributed by atoms with Gasteiger partial charge >= 0.3 is 0 Å². The highest BCUT2D eigenvalue weighted by molar-refractivity contribution is 6.10. The van der Waals surface area contributed by atoms with Crippen molar-refractivity contribution in [2.24, 2.45) is 0 Å². The number of carbonyl (C=O) groups is 1. The van der Waals surface area contributed by atoms with E-state index < -0.39 is 0 Å². The van der Waals surface area contributed by atoms with Gasteiger partial charge in [0.15, 0.2) is 5.78 Å². The first-order valence-electron chi connectivity index (χ1n) is 8.86. The molecule has 26 heavy (non-hydrogen) atoms. The largest absolute Gasteiger partial charge is 0.494 e. The van der Waals surface area contributed by atoms with Crippen molar-refractivity contribution in [3.8, 4) is 5.75 Å². The first kappa shape index (κ1) is 18.2. The minimum Gasteiger partial charge on any atom is -0.494 e.